The zero-order chi connectivity index (χ0) is 94.2. The van der Waals surface area contributed by atoms with Crippen LogP contribution < -0.4 is 64.3 Å². The molecule has 0 saturated heterocycles. The Kier molecular flexibility index (Phi) is 81.7. The number of fused-ring (bicyclic) bond motifs is 12. The van der Waals surface area contributed by atoms with Gasteiger partial charge in [0.05, 0.1) is 37.3 Å². The number of rotatable bonds is 8. The number of aromatic nitrogens is 4. The molecule has 12 aromatic rings. The Morgan fingerprint density at radius 2 is 0.386 bits per heavy atom. The van der Waals surface area contributed by atoms with Crippen molar-refractivity contribution in [2.24, 2.45) is 21.7 Å². The number of nitrogens with zero attached hydrogens (tertiary/aromatic N) is 7. The van der Waals surface area contributed by atoms with Crippen molar-refractivity contribution in [1.82, 2.24) is 84.3 Å². The van der Waals surface area contributed by atoms with Gasteiger partial charge in [-0.25, -0.2) is 19.2 Å². The summed E-state index contributed by atoms with van der Waals surface area (Å²) in [5.74, 6) is 0. The maximum Gasteiger partial charge on any atom is 0.0708 e. The maximum atomic E-state index is 10.4. The molecule has 0 saturated carbocycles. The van der Waals surface area contributed by atoms with Gasteiger partial charge in [0.1, 0.15) is 0 Å². The average molecular weight is 2640 g/mol. The zero-order valence-corrected chi connectivity index (χ0v) is 89.5. The SMILES string of the molecule is CC(C)(C)CC(C)(C)NC(=O)O.CC(C)(C)CC(C)(C)NC(=O)O.CC(C)(C)CC(C)(C)NC(=O)O.CC(C)(C)CC(C)(C)NC(=O)O.N.N.N.N.N.N.N.O.O.O=[N+]([O-])[O-].O=[N+]([O-])[O-].O=[N+]([O-])[O-].[Cl][Pt].[Cl][Pt].[Cl][Pt].[Pt].c1ccc2c(c1)cnc1ccccc12.c1ccc2c(c1)cnc1ccccc12.c1ccc2c(c1)cnc1ccccc12.c1ccc2c(c1)cnc1ccccc12. The third-order valence-electron chi connectivity index (χ3n) is 15.7. The quantitative estimate of drug-likeness (QED) is 0.0382. The molecule has 0 unspecified atom stereocenters. The van der Waals surface area contributed by atoms with Gasteiger partial charge in [0.2, 0.25) is 0 Å². The summed E-state index contributed by atoms with van der Waals surface area (Å²) < 4.78 is 0. The number of pyridine rings is 4. The van der Waals surface area contributed by atoms with E-state index in [1.807, 2.05) is 153 Å². The van der Waals surface area contributed by atoms with Crippen LogP contribution in [-0.2, 0) is 77.4 Å². The van der Waals surface area contributed by atoms with E-state index in [0.717, 1.165) is 47.8 Å². The van der Waals surface area contributed by atoms with E-state index >= 15 is 0 Å². The second-order valence-electron chi connectivity index (χ2n) is 34.3. The molecule has 0 radical (unpaired) electrons. The average Bonchev–Trinajstić information content (AvgIpc) is 0.810. The Balaban J connectivity index is -0.000000120. The molecule has 4 amide bonds. The van der Waals surface area contributed by atoms with Crippen molar-refractivity contribution in [2.45, 2.75) is 186 Å². The second-order valence-corrected chi connectivity index (χ2v) is 34.3. The standard InChI is InChI=1S/4C13H9N.4C9H19NO2.3ClH.3NO3.7H3N.2H2O.4Pt/c4*1-2-6-11-10(5-1)9-14-13-8-4-3-7-12(11)13;4*1-8(2,3)6-9(4,5)10-7(11)12;;;;3*2-1(3)4;;;;;;;;;;;;;/h4*1-9H;4*10H,6H2,1-5H3,(H,11,12);3*1H;;;;7*1H3;2*1H2;;;;/q;;;;;;;;;;;3*-1;;;;;;;;;;;3*+1/p-3. The number of carbonyl (C=O) groups is 4. The minimum Gasteiger partial charge on any atom is -0.256 e. The van der Waals surface area contributed by atoms with Crippen LogP contribution in [0.1, 0.15) is 164 Å². The largest absolute Gasteiger partial charge is 0.256 e. The summed E-state index contributed by atoms with van der Waals surface area (Å²) in [5.41, 5.74) is 3.45. The van der Waals surface area contributed by atoms with Crippen LogP contribution in [0.4, 0.5) is 19.2 Å². The van der Waals surface area contributed by atoms with Crippen LogP contribution in [0.3, 0.4) is 0 Å². The topological polar surface area (TPSA) is 755 Å². The van der Waals surface area contributed by atoms with Crippen molar-refractivity contribution in [1.29, 1.82) is 0 Å². The Morgan fingerprint density at radius 1 is 0.273 bits per heavy atom. The normalized spacial score (nSPS) is 9.95. The number of benzene rings is 8. The van der Waals surface area contributed by atoms with Crippen LogP contribution in [0.5, 0.6) is 0 Å². The van der Waals surface area contributed by atoms with E-state index in [4.69, 9.17) is 66.4 Å². The molecule has 0 bridgehead atoms. The fraction of sp³-hybridized carbons (Fsp3) is 0.364. The van der Waals surface area contributed by atoms with Crippen molar-refractivity contribution in [3.05, 3.63) is 265 Å². The van der Waals surface area contributed by atoms with Gasteiger partial charge in [-0.05, 0) is 149 Å². The first-order valence-corrected chi connectivity index (χ1v) is 45.7. The fourth-order valence-electron chi connectivity index (χ4n) is 13.9. The van der Waals surface area contributed by atoms with Crippen LogP contribution in [-0.4, -0.2) is 113 Å². The van der Waals surface area contributed by atoms with E-state index in [2.05, 4.69) is 274 Å². The number of nitrogens with one attached hydrogen (secondary N) is 4. The van der Waals surface area contributed by atoms with Crippen LogP contribution in [0, 0.1) is 67.6 Å². The fourth-order valence-corrected chi connectivity index (χ4v) is 13.9. The zero-order valence-electron chi connectivity index (χ0n) is 78.2. The molecule has 757 valence electrons. The molecule has 0 aliphatic rings. The van der Waals surface area contributed by atoms with Gasteiger partial charge in [0.15, 0.2) is 0 Å². The smallest absolute Gasteiger partial charge is 0.0708 e. The number of para-hydroxylation sites is 4. The number of carboxylic acid groups (broad SMARTS) is 4. The maximum absolute atomic E-state index is 10.4. The van der Waals surface area contributed by atoms with Gasteiger partial charge < -0.3 is 142 Å². The Labute approximate surface area is 832 Å². The molecule has 0 fully saturated rings. The number of hydrogen-bond donors (Lipinski definition) is 15. The Bertz CT molecular complexity index is 4380. The molecule has 4 heterocycles. The van der Waals surface area contributed by atoms with Crippen LogP contribution in [0.2, 0.25) is 0 Å². The van der Waals surface area contributed by atoms with Crippen molar-refractivity contribution in [2.75, 3.05) is 0 Å². The van der Waals surface area contributed by atoms with E-state index in [1.54, 1.807) is 56.3 Å². The second kappa shape index (κ2) is 72.9. The summed E-state index contributed by atoms with van der Waals surface area (Å²) in [6.07, 6.45) is 7.20. The van der Waals surface area contributed by atoms with Gasteiger partial charge in [0, 0.05) is 111 Å². The molecule has 33 N–H and O–H groups in total. The molecule has 0 aliphatic heterocycles. The first-order valence-electron chi connectivity index (χ1n) is 37.2. The summed E-state index contributed by atoms with van der Waals surface area (Å²) in [6.45, 7) is 40.3. The number of halogens is 3. The summed E-state index contributed by atoms with van der Waals surface area (Å²) in [7, 11) is 13.8. The van der Waals surface area contributed by atoms with E-state index < -0.39 is 39.6 Å². The Morgan fingerprint density at radius 3 is 0.508 bits per heavy atom. The van der Waals surface area contributed by atoms with Gasteiger partial charge >= 0.3 is 109 Å². The third kappa shape index (κ3) is 68.4. The van der Waals surface area contributed by atoms with E-state index in [-0.39, 0.29) is 119 Å². The third-order valence-corrected chi connectivity index (χ3v) is 15.7. The molecule has 0 aliphatic carbocycles. The van der Waals surface area contributed by atoms with Crippen molar-refractivity contribution < 1.29 is 143 Å². The molecule has 0 spiro atoms. The van der Waals surface area contributed by atoms with Crippen molar-refractivity contribution in [3.63, 3.8) is 0 Å². The first-order chi connectivity index (χ1) is 56.5. The molecule has 4 aromatic heterocycles. The molecule has 132 heavy (non-hydrogen) atoms. The van der Waals surface area contributed by atoms with E-state index in [9.17, 15) is 19.2 Å². The summed E-state index contributed by atoms with van der Waals surface area (Å²) in [6, 6.07) is 66.3. The van der Waals surface area contributed by atoms with Crippen molar-refractivity contribution >= 4 is 139 Å². The minimum absolute atomic E-state index is 0. The first kappa shape index (κ1) is 148. The molecule has 12 rings (SSSR count). The summed E-state index contributed by atoms with van der Waals surface area (Å²) >= 11 is 4.83. The predicted molar refractivity (Wildman–Crippen MR) is 525 cm³/mol. The summed E-state index contributed by atoms with van der Waals surface area (Å²) in [4.78, 5) is 83.9. The van der Waals surface area contributed by atoms with Crippen LogP contribution in [0.15, 0.2) is 219 Å². The van der Waals surface area contributed by atoms with Crippen LogP contribution >= 0.6 is 28.3 Å². The van der Waals surface area contributed by atoms with Gasteiger partial charge in [-0.15, -0.1) is 0 Å². The van der Waals surface area contributed by atoms with Gasteiger partial charge in [-0.3, -0.25) is 19.9 Å². The van der Waals surface area contributed by atoms with E-state index in [1.165, 1.54) is 64.6 Å². The van der Waals surface area contributed by atoms with Gasteiger partial charge in [-0.1, -0.05) is 253 Å². The molecular weight excluding hydrogens is 2500 g/mol. The summed E-state index contributed by atoms with van der Waals surface area (Å²) in [5, 5.41) is 103. The monoisotopic (exact) mass is 2630 g/mol. The minimum atomic E-state index is -1.75. The predicted octanol–water partition coefficient (Wildman–Crippen LogP) is 24.3. The molecule has 44 heteroatoms. The molecule has 37 nitrogen and oxygen atoms in total. The molecule has 8 aromatic carbocycles. The van der Waals surface area contributed by atoms with Gasteiger partial charge in [-0.2, -0.15) is 0 Å². The van der Waals surface area contributed by atoms with Crippen LogP contribution in [0.25, 0.3) is 86.7 Å². The van der Waals surface area contributed by atoms with Crippen molar-refractivity contribution in [3.8, 4) is 0 Å². The molecular formula is C88H137Cl3N18O19Pt4-3. The Hall–Kier alpha value is -9.62. The molecule has 0 atom stereocenters. The number of amides is 4. The van der Waals surface area contributed by atoms with E-state index in [0.29, 0.717) is 0 Å². The van der Waals surface area contributed by atoms with Gasteiger partial charge in [0.25, 0.3) is 0 Å². The number of hydrogen-bond acceptors (Lipinski definition) is 24.